The molecular formula is C21H30N2O3. The predicted molar refractivity (Wildman–Crippen MR) is 101 cm³/mol. The van der Waals surface area contributed by atoms with Crippen LogP contribution >= 0.6 is 0 Å². The minimum Gasteiger partial charge on any atom is -0.480 e. The van der Waals surface area contributed by atoms with Crippen LogP contribution in [0.5, 0.6) is 0 Å². The molecule has 0 saturated carbocycles. The maximum Gasteiger partial charge on any atom is 0.326 e. The average Bonchev–Trinajstić information content (AvgIpc) is 2.68. The predicted octanol–water partition coefficient (Wildman–Crippen LogP) is 2.80. The number of carboxylic acid groups (broad SMARTS) is 1. The number of carbonyl (C=O) groups is 2. The quantitative estimate of drug-likeness (QED) is 0.879. The van der Waals surface area contributed by atoms with Crippen molar-refractivity contribution in [2.45, 2.75) is 57.5 Å². The molecule has 2 saturated heterocycles. The van der Waals surface area contributed by atoms with Crippen LogP contribution in [0.15, 0.2) is 30.3 Å². The van der Waals surface area contributed by atoms with Gasteiger partial charge in [-0.15, -0.1) is 0 Å². The highest BCUT2D eigenvalue weighted by Crippen LogP contribution is 2.25. The summed E-state index contributed by atoms with van der Waals surface area (Å²) in [5.74, 6) is -0.219. The number of rotatable bonds is 5. The maximum atomic E-state index is 12.9. The third-order valence-electron chi connectivity index (χ3n) is 5.99. The zero-order valence-corrected chi connectivity index (χ0v) is 15.6. The average molecular weight is 358 g/mol. The number of amides is 1. The lowest BCUT2D eigenvalue weighted by Gasteiger charge is -2.40. The molecule has 3 rings (SSSR count). The van der Waals surface area contributed by atoms with Crippen molar-refractivity contribution >= 4 is 11.9 Å². The van der Waals surface area contributed by atoms with Crippen LogP contribution in [0.2, 0.25) is 0 Å². The van der Waals surface area contributed by atoms with Gasteiger partial charge in [-0.3, -0.25) is 9.69 Å². The summed E-state index contributed by atoms with van der Waals surface area (Å²) >= 11 is 0. The lowest BCUT2D eigenvalue weighted by atomic mass is 9.89. The number of carbonyl (C=O) groups excluding carboxylic acids is 1. The first-order valence-electron chi connectivity index (χ1n) is 9.87. The van der Waals surface area contributed by atoms with Gasteiger partial charge in [0.05, 0.1) is 6.04 Å². The Morgan fingerprint density at radius 3 is 2.42 bits per heavy atom. The first kappa shape index (κ1) is 18.9. The highest BCUT2D eigenvalue weighted by atomic mass is 16.4. The van der Waals surface area contributed by atoms with E-state index < -0.39 is 12.0 Å². The van der Waals surface area contributed by atoms with E-state index in [0.29, 0.717) is 18.9 Å². The molecule has 0 radical (unpaired) electrons. The molecule has 2 fully saturated rings. The molecule has 1 aromatic rings. The van der Waals surface area contributed by atoms with Gasteiger partial charge in [-0.1, -0.05) is 30.3 Å². The topological polar surface area (TPSA) is 60.9 Å². The van der Waals surface area contributed by atoms with Crippen molar-refractivity contribution in [1.82, 2.24) is 9.80 Å². The van der Waals surface area contributed by atoms with E-state index in [1.807, 2.05) is 13.0 Å². The molecule has 1 aromatic carbocycles. The molecule has 2 heterocycles. The zero-order chi connectivity index (χ0) is 18.5. The Hall–Kier alpha value is -1.88. The summed E-state index contributed by atoms with van der Waals surface area (Å²) in [5, 5.41) is 9.42. The molecule has 26 heavy (non-hydrogen) atoms. The molecule has 2 aliphatic heterocycles. The van der Waals surface area contributed by atoms with E-state index in [1.54, 1.807) is 4.90 Å². The zero-order valence-electron chi connectivity index (χ0n) is 15.6. The smallest absolute Gasteiger partial charge is 0.326 e. The van der Waals surface area contributed by atoms with E-state index in [4.69, 9.17) is 0 Å². The van der Waals surface area contributed by atoms with Gasteiger partial charge < -0.3 is 10.0 Å². The second-order valence-corrected chi connectivity index (χ2v) is 7.73. The number of hydrogen-bond acceptors (Lipinski definition) is 3. The van der Waals surface area contributed by atoms with Gasteiger partial charge in [-0.05, 0) is 70.0 Å². The van der Waals surface area contributed by atoms with Gasteiger partial charge in [0.1, 0.15) is 6.04 Å². The van der Waals surface area contributed by atoms with Gasteiger partial charge in [-0.25, -0.2) is 4.79 Å². The first-order valence-corrected chi connectivity index (χ1v) is 9.87. The minimum absolute atomic E-state index is 0.0152. The van der Waals surface area contributed by atoms with Gasteiger partial charge >= 0.3 is 5.97 Å². The summed E-state index contributed by atoms with van der Waals surface area (Å²) in [7, 11) is 0. The number of aliphatic carboxylic acids is 1. The Labute approximate surface area is 156 Å². The molecule has 5 nitrogen and oxygen atoms in total. The van der Waals surface area contributed by atoms with Crippen LogP contribution in [0.25, 0.3) is 0 Å². The van der Waals surface area contributed by atoms with E-state index in [9.17, 15) is 14.7 Å². The lowest BCUT2D eigenvalue weighted by Crippen LogP contribution is -2.55. The minimum atomic E-state index is -0.869. The first-order chi connectivity index (χ1) is 12.6. The Kier molecular flexibility index (Phi) is 6.30. The summed E-state index contributed by atoms with van der Waals surface area (Å²) in [4.78, 5) is 28.2. The third kappa shape index (κ3) is 4.44. The molecule has 0 aromatic heterocycles. The number of piperidine rings is 2. The maximum absolute atomic E-state index is 12.9. The normalized spacial score (nSPS) is 23.6. The van der Waals surface area contributed by atoms with E-state index in [-0.39, 0.29) is 11.9 Å². The third-order valence-corrected chi connectivity index (χ3v) is 5.99. The molecule has 2 aliphatic rings. The van der Waals surface area contributed by atoms with Crippen LogP contribution in [0.4, 0.5) is 0 Å². The van der Waals surface area contributed by atoms with Gasteiger partial charge in [0.2, 0.25) is 5.91 Å². The largest absolute Gasteiger partial charge is 0.480 e. The van der Waals surface area contributed by atoms with Crippen molar-refractivity contribution in [3.05, 3.63) is 35.9 Å². The molecular weight excluding hydrogens is 328 g/mol. The number of hydrogen-bond donors (Lipinski definition) is 1. The number of carboxylic acids is 1. The van der Waals surface area contributed by atoms with Gasteiger partial charge in [-0.2, -0.15) is 0 Å². The number of likely N-dealkylation sites (tertiary alicyclic amines) is 2. The van der Waals surface area contributed by atoms with Crippen molar-refractivity contribution < 1.29 is 14.7 Å². The van der Waals surface area contributed by atoms with Crippen molar-refractivity contribution in [3.8, 4) is 0 Å². The van der Waals surface area contributed by atoms with E-state index in [2.05, 4.69) is 29.2 Å². The van der Waals surface area contributed by atoms with Gasteiger partial charge in [0.25, 0.3) is 0 Å². The van der Waals surface area contributed by atoms with Crippen molar-refractivity contribution in [2.75, 3.05) is 19.6 Å². The molecule has 142 valence electrons. The molecule has 0 bridgehead atoms. The Morgan fingerprint density at radius 2 is 1.77 bits per heavy atom. The highest BCUT2D eigenvalue weighted by molar-refractivity contribution is 5.87. The second-order valence-electron chi connectivity index (χ2n) is 7.73. The fourth-order valence-corrected chi connectivity index (χ4v) is 4.34. The summed E-state index contributed by atoms with van der Waals surface area (Å²) < 4.78 is 0. The summed E-state index contributed by atoms with van der Waals surface area (Å²) in [6.07, 6.45) is 5.66. The molecule has 0 spiro atoms. The van der Waals surface area contributed by atoms with Gasteiger partial charge in [0, 0.05) is 6.54 Å². The molecule has 2 unspecified atom stereocenters. The molecule has 1 amide bonds. The monoisotopic (exact) mass is 358 g/mol. The number of nitrogens with zero attached hydrogens (tertiary/aromatic N) is 2. The Bertz CT molecular complexity index is 611. The lowest BCUT2D eigenvalue weighted by molar-refractivity contribution is -0.154. The van der Waals surface area contributed by atoms with Gasteiger partial charge in [0.15, 0.2) is 0 Å². The van der Waals surface area contributed by atoms with Crippen LogP contribution in [-0.4, -0.2) is 58.5 Å². The van der Waals surface area contributed by atoms with Crippen molar-refractivity contribution in [3.63, 3.8) is 0 Å². The SMILES string of the molecule is CC(C(=O)N1CCCCC1C(=O)O)N1CCC(Cc2ccccc2)CC1. The molecule has 2 atom stereocenters. The summed E-state index contributed by atoms with van der Waals surface area (Å²) in [6, 6.07) is 9.71. The van der Waals surface area contributed by atoms with E-state index in [1.165, 1.54) is 5.56 Å². The van der Waals surface area contributed by atoms with Crippen LogP contribution in [0.3, 0.4) is 0 Å². The summed E-state index contributed by atoms with van der Waals surface area (Å²) in [6.45, 7) is 4.34. The fourth-order valence-electron chi connectivity index (χ4n) is 4.34. The summed E-state index contributed by atoms with van der Waals surface area (Å²) in [5.41, 5.74) is 1.38. The fraction of sp³-hybridized carbons (Fsp3) is 0.619. The Balaban J connectivity index is 1.53. The second kappa shape index (κ2) is 8.67. The van der Waals surface area contributed by atoms with E-state index in [0.717, 1.165) is 45.2 Å². The Morgan fingerprint density at radius 1 is 1.08 bits per heavy atom. The van der Waals surface area contributed by atoms with Crippen LogP contribution < -0.4 is 0 Å². The molecule has 5 heteroatoms. The van der Waals surface area contributed by atoms with Crippen LogP contribution in [0, 0.1) is 5.92 Å². The van der Waals surface area contributed by atoms with E-state index >= 15 is 0 Å². The highest BCUT2D eigenvalue weighted by Gasteiger charge is 2.36. The van der Waals surface area contributed by atoms with Crippen LogP contribution in [-0.2, 0) is 16.0 Å². The molecule has 1 N–H and O–H groups in total. The molecule has 0 aliphatic carbocycles. The number of benzene rings is 1. The van der Waals surface area contributed by atoms with Crippen molar-refractivity contribution in [1.29, 1.82) is 0 Å². The van der Waals surface area contributed by atoms with Crippen LogP contribution in [0.1, 0.15) is 44.6 Å². The standard InChI is InChI=1S/C21H30N2O3/c1-16(20(24)23-12-6-5-9-19(23)21(25)26)22-13-10-18(11-14-22)15-17-7-3-2-4-8-17/h2-4,7-8,16,18-19H,5-6,9-15H2,1H3,(H,25,26). The van der Waals surface area contributed by atoms with Crippen molar-refractivity contribution in [2.24, 2.45) is 5.92 Å².